The van der Waals surface area contributed by atoms with Crippen LogP contribution < -0.4 is 19.7 Å². The SMILES string of the molecule is COc1ccc(CNC(=O)C[NH+](C)Cc2ccccc2C)cc1OC. The second-order valence-corrected chi connectivity index (χ2v) is 6.20. The van der Waals surface area contributed by atoms with Crippen molar-refractivity contribution < 1.29 is 19.2 Å². The van der Waals surface area contributed by atoms with Crippen molar-refractivity contribution in [3.63, 3.8) is 0 Å². The molecule has 0 aliphatic rings. The topological polar surface area (TPSA) is 52.0 Å². The van der Waals surface area contributed by atoms with E-state index in [1.165, 1.54) is 11.1 Å². The zero-order valence-electron chi connectivity index (χ0n) is 15.4. The van der Waals surface area contributed by atoms with Gasteiger partial charge in [0, 0.05) is 12.1 Å². The third-order valence-electron chi connectivity index (χ3n) is 4.15. The molecule has 0 aromatic heterocycles. The van der Waals surface area contributed by atoms with Gasteiger partial charge in [-0.25, -0.2) is 0 Å². The van der Waals surface area contributed by atoms with E-state index in [9.17, 15) is 4.79 Å². The Morgan fingerprint density at radius 2 is 1.80 bits per heavy atom. The molecule has 1 atom stereocenters. The van der Waals surface area contributed by atoms with Crippen LogP contribution in [0.2, 0.25) is 0 Å². The molecule has 0 spiro atoms. The molecule has 2 rings (SSSR count). The second kappa shape index (κ2) is 9.08. The number of benzene rings is 2. The lowest BCUT2D eigenvalue weighted by atomic mass is 10.1. The Morgan fingerprint density at radius 3 is 2.48 bits per heavy atom. The van der Waals surface area contributed by atoms with Crippen LogP contribution >= 0.6 is 0 Å². The number of nitrogens with one attached hydrogen (secondary N) is 2. The molecule has 2 aromatic carbocycles. The predicted molar refractivity (Wildman–Crippen MR) is 98.0 cm³/mol. The Hall–Kier alpha value is -2.53. The van der Waals surface area contributed by atoms with Gasteiger partial charge in [0.05, 0.1) is 21.3 Å². The molecule has 0 saturated heterocycles. The van der Waals surface area contributed by atoms with E-state index in [-0.39, 0.29) is 5.91 Å². The Labute approximate surface area is 149 Å². The number of quaternary nitrogens is 1. The average Bonchev–Trinajstić information content (AvgIpc) is 2.61. The van der Waals surface area contributed by atoms with Crippen LogP contribution in [-0.2, 0) is 17.9 Å². The van der Waals surface area contributed by atoms with Gasteiger partial charge in [-0.3, -0.25) is 4.79 Å². The second-order valence-electron chi connectivity index (χ2n) is 6.20. The number of rotatable bonds is 8. The number of ether oxygens (including phenoxy) is 2. The zero-order valence-corrected chi connectivity index (χ0v) is 15.4. The number of carbonyl (C=O) groups excluding carboxylic acids is 1. The Kier molecular flexibility index (Phi) is 6.83. The number of methoxy groups -OCH3 is 2. The standard InChI is InChI=1S/C20H26N2O3/c1-15-7-5-6-8-17(15)13-22(2)14-20(23)21-12-16-9-10-18(24-3)19(11-16)25-4/h5-11H,12-14H2,1-4H3,(H,21,23)/p+1. The lowest BCUT2D eigenvalue weighted by Crippen LogP contribution is -3.08. The summed E-state index contributed by atoms with van der Waals surface area (Å²) in [7, 11) is 5.24. The minimum absolute atomic E-state index is 0.0286. The summed E-state index contributed by atoms with van der Waals surface area (Å²) < 4.78 is 10.5. The van der Waals surface area contributed by atoms with Gasteiger partial charge < -0.3 is 19.7 Å². The fourth-order valence-corrected chi connectivity index (χ4v) is 2.72. The van der Waals surface area contributed by atoms with E-state index >= 15 is 0 Å². The lowest BCUT2D eigenvalue weighted by molar-refractivity contribution is -0.885. The van der Waals surface area contributed by atoms with E-state index in [1.54, 1.807) is 14.2 Å². The van der Waals surface area contributed by atoms with Gasteiger partial charge in [-0.1, -0.05) is 30.3 Å². The fourth-order valence-electron chi connectivity index (χ4n) is 2.72. The summed E-state index contributed by atoms with van der Waals surface area (Å²) in [4.78, 5) is 13.3. The maximum atomic E-state index is 12.2. The number of carbonyl (C=O) groups is 1. The zero-order chi connectivity index (χ0) is 18.2. The van der Waals surface area contributed by atoms with Gasteiger partial charge in [-0.2, -0.15) is 0 Å². The molecule has 0 fully saturated rings. The molecule has 0 saturated carbocycles. The van der Waals surface area contributed by atoms with Crippen LogP contribution in [0, 0.1) is 6.92 Å². The van der Waals surface area contributed by atoms with Gasteiger partial charge in [0.25, 0.3) is 5.91 Å². The van der Waals surface area contributed by atoms with Crippen LogP contribution in [0.3, 0.4) is 0 Å². The number of likely N-dealkylation sites (N-methyl/N-ethyl adjacent to an activating group) is 1. The quantitative estimate of drug-likeness (QED) is 0.761. The summed E-state index contributed by atoms with van der Waals surface area (Å²) in [6.07, 6.45) is 0. The van der Waals surface area contributed by atoms with Crippen LogP contribution in [0.15, 0.2) is 42.5 Å². The van der Waals surface area contributed by atoms with Crippen LogP contribution in [0.25, 0.3) is 0 Å². The summed E-state index contributed by atoms with van der Waals surface area (Å²) in [5.41, 5.74) is 3.50. The minimum atomic E-state index is 0.0286. The van der Waals surface area contributed by atoms with Crippen molar-refractivity contribution in [3.8, 4) is 11.5 Å². The summed E-state index contributed by atoms with van der Waals surface area (Å²) in [6.45, 7) is 3.83. The first kappa shape index (κ1) is 18.8. The lowest BCUT2D eigenvalue weighted by Gasteiger charge is -2.15. The van der Waals surface area contributed by atoms with Crippen molar-refractivity contribution in [1.82, 2.24) is 5.32 Å². The summed E-state index contributed by atoms with van der Waals surface area (Å²) in [5, 5.41) is 2.96. The van der Waals surface area contributed by atoms with Crippen molar-refractivity contribution in [3.05, 3.63) is 59.2 Å². The van der Waals surface area contributed by atoms with E-state index in [1.807, 2.05) is 37.4 Å². The van der Waals surface area contributed by atoms with Gasteiger partial charge in [0.2, 0.25) is 0 Å². The highest BCUT2D eigenvalue weighted by Crippen LogP contribution is 2.27. The number of aryl methyl sites for hydroxylation is 1. The molecule has 0 radical (unpaired) electrons. The van der Waals surface area contributed by atoms with Gasteiger partial charge in [0.15, 0.2) is 18.0 Å². The molecule has 5 nitrogen and oxygen atoms in total. The van der Waals surface area contributed by atoms with E-state index in [0.29, 0.717) is 24.6 Å². The maximum absolute atomic E-state index is 12.2. The Morgan fingerprint density at radius 1 is 1.08 bits per heavy atom. The predicted octanol–water partition coefficient (Wildman–Crippen LogP) is 1.34. The van der Waals surface area contributed by atoms with E-state index in [2.05, 4.69) is 24.4 Å². The minimum Gasteiger partial charge on any atom is -0.493 e. The third kappa shape index (κ3) is 5.50. The van der Waals surface area contributed by atoms with Gasteiger partial charge in [-0.05, 0) is 30.2 Å². The first-order valence-corrected chi connectivity index (χ1v) is 8.37. The van der Waals surface area contributed by atoms with Crippen molar-refractivity contribution >= 4 is 5.91 Å². The van der Waals surface area contributed by atoms with Crippen LogP contribution in [0.1, 0.15) is 16.7 Å². The molecule has 25 heavy (non-hydrogen) atoms. The summed E-state index contributed by atoms with van der Waals surface area (Å²) in [6, 6.07) is 13.9. The molecule has 134 valence electrons. The van der Waals surface area contributed by atoms with Gasteiger partial charge in [-0.15, -0.1) is 0 Å². The Balaban J connectivity index is 1.85. The molecule has 2 N–H and O–H groups in total. The van der Waals surface area contributed by atoms with E-state index < -0.39 is 0 Å². The molecule has 0 aliphatic carbocycles. The molecule has 5 heteroatoms. The van der Waals surface area contributed by atoms with E-state index in [0.717, 1.165) is 17.0 Å². The van der Waals surface area contributed by atoms with Gasteiger partial charge >= 0.3 is 0 Å². The Bertz CT molecular complexity index is 716. The van der Waals surface area contributed by atoms with Crippen LogP contribution in [0.4, 0.5) is 0 Å². The maximum Gasteiger partial charge on any atom is 0.275 e. The number of hydrogen-bond donors (Lipinski definition) is 2. The molecule has 0 bridgehead atoms. The molecular weight excluding hydrogens is 316 g/mol. The molecular formula is C20H27N2O3+. The first-order valence-electron chi connectivity index (χ1n) is 8.37. The molecule has 1 amide bonds. The van der Waals surface area contributed by atoms with Crippen molar-refractivity contribution in [2.75, 3.05) is 27.8 Å². The normalized spacial score (nSPS) is 11.7. The van der Waals surface area contributed by atoms with Crippen molar-refractivity contribution in [1.29, 1.82) is 0 Å². The molecule has 0 aliphatic heterocycles. The highest BCUT2D eigenvalue weighted by atomic mass is 16.5. The molecule has 0 heterocycles. The number of amides is 1. The monoisotopic (exact) mass is 343 g/mol. The van der Waals surface area contributed by atoms with E-state index in [4.69, 9.17) is 9.47 Å². The number of hydrogen-bond acceptors (Lipinski definition) is 3. The summed E-state index contributed by atoms with van der Waals surface area (Å²) >= 11 is 0. The highest BCUT2D eigenvalue weighted by Gasteiger charge is 2.12. The first-order chi connectivity index (χ1) is 12.0. The van der Waals surface area contributed by atoms with Crippen molar-refractivity contribution in [2.45, 2.75) is 20.0 Å². The fraction of sp³-hybridized carbons (Fsp3) is 0.350. The van der Waals surface area contributed by atoms with Crippen LogP contribution in [-0.4, -0.2) is 33.7 Å². The highest BCUT2D eigenvalue weighted by molar-refractivity contribution is 5.76. The summed E-state index contributed by atoms with van der Waals surface area (Å²) in [5.74, 6) is 1.37. The third-order valence-corrected chi connectivity index (χ3v) is 4.15. The van der Waals surface area contributed by atoms with Gasteiger partial charge in [0.1, 0.15) is 6.54 Å². The van der Waals surface area contributed by atoms with Crippen LogP contribution in [0.5, 0.6) is 11.5 Å². The van der Waals surface area contributed by atoms with Crippen molar-refractivity contribution in [2.24, 2.45) is 0 Å². The smallest absolute Gasteiger partial charge is 0.275 e. The molecule has 2 aromatic rings. The average molecular weight is 343 g/mol. The largest absolute Gasteiger partial charge is 0.493 e. The molecule has 1 unspecified atom stereocenters.